The molecule has 0 rings (SSSR count). The third-order valence-corrected chi connectivity index (χ3v) is 7.28. The van der Waals surface area contributed by atoms with Crippen LogP contribution in [0.1, 0.15) is 182 Å². The first-order valence-electron chi connectivity index (χ1n) is 15.9. The SMILES string of the molecule is CCCCCCCCCCCCCCN(CCCCCCCCCCCCCC)CC(C)C. The van der Waals surface area contributed by atoms with Gasteiger partial charge in [0.15, 0.2) is 0 Å². The highest BCUT2D eigenvalue weighted by Crippen LogP contribution is 2.14. The number of rotatable bonds is 28. The van der Waals surface area contributed by atoms with Crippen LogP contribution >= 0.6 is 0 Å². The molecule has 0 N–H and O–H groups in total. The maximum absolute atomic E-state index is 2.78. The molecule has 0 aliphatic heterocycles. The monoisotopic (exact) mass is 466 g/mol. The van der Waals surface area contributed by atoms with Gasteiger partial charge in [-0.05, 0) is 31.8 Å². The molecule has 0 aromatic heterocycles. The second kappa shape index (κ2) is 28.2. The van der Waals surface area contributed by atoms with E-state index in [1.165, 1.54) is 174 Å². The summed E-state index contributed by atoms with van der Waals surface area (Å²) >= 11 is 0. The molecule has 0 amide bonds. The smallest absolute Gasteiger partial charge is 0.000438 e. The summed E-state index contributed by atoms with van der Waals surface area (Å²) in [6.07, 6.45) is 34.9. The molecule has 0 atom stereocenters. The lowest BCUT2D eigenvalue weighted by atomic mass is 10.0. The van der Waals surface area contributed by atoms with Gasteiger partial charge in [-0.25, -0.2) is 0 Å². The standard InChI is InChI=1S/C32H67N/c1-5-7-9-11-13-15-17-19-21-23-25-27-29-33(31-32(3)4)30-28-26-24-22-20-18-16-14-12-10-8-6-2/h32H,5-31H2,1-4H3. The Kier molecular flexibility index (Phi) is 28.2. The molecule has 0 fully saturated rings. The van der Waals surface area contributed by atoms with Crippen molar-refractivity contribution in [3.8, 4) is 0 Å². The van der Waals surface area contributed by atoms with Crippen molar-refractivity contribution in [3.05, 3.63) is 0 Å². The molecular weight excluding hydrogens is 398 g/mol. The maximum Gasteiger partial charge on any atom is 0.000438 e. The van der Waals surface area contributed by atoms with Crippen LogP contribution in [0.15, 0.2) is 0 Å². The first kappa shape index (κ1) is 33.0. The van der Waals surface area contributed by atoms with E-state index in [0.717, 1.165) is 5.92 Å². The lowest BCUT2D eigenvalue weighted by Gasteiger charge is -2.24. The molecule has 33 heavy (non-hydrogen) atoms. The van der Waals surface area contributed by atoms with E-state index < -0.39 is 0 Å². The number of hydrogen-bond donors (Lipinski definition) is 0. The summed E-state index contributed by atoms with van der Waals surface area (Å²) in [5.41, 5.74) is 0. The van der Waals surface area contributed by atoms with Crippen molar-refractivity contribution in [2.45, 2.75) is 182 Å². The minimum atomic E-state index is 0.805. The molecule has 0 saturated heterocycles. The largest absolute Gasteiger partial charge is 0.303 e. The molecule has 0 spiro atoms. The highest BCUT2D eigenvalue weighted by Gasteiger charge is 2.07. The Hall–Kier alpha value is -0.0400. The summed E-state index contributed by atoms with van der Waals surface area (Å²) < 4.78 is 0. The summed E-state index contributed by atoms with van der Waals surface area (Å²) in [5, 5.41) is 0. The number of nitrogens with zero attached hydrogens (tertiary/aromatic N) is 1. The predicted octanol–water partition coefficient (Wildman–Crippen LogP) is 11.3. The van der Waals surface area contributed by atoms with Crippen molar-refractivity contribution < 1.29 is 0 Å². The lowest BCUT2D eigenvalue weighted by molar-refractivity contribution is 0.233. The van der Waals surface area contributed by atoms with E-state index in [1.54, 1.807) is 0 Å². The van der Waals surface area contributed by atoms with Gasteiger partial charge in [-0.2, -0.15) is 0 Å². The van der Waals surface area contributed by atoms with Crippen molar-refractivity contribution in [2.24, 2.45) is 5.92 Å². The fourth-order valence-electron chi connectivity index (χ4n) is 5.16. The summed E-state index contributed by atoms with van der Waals surface area (Å²) in [6, 6.07) is 0. The molecule has 0 aromatic rings. The summed E-state index contributed by atoms with van der Waals surface area (Å²) in [5.74, 6) is 0.805. The van der Waals surface area contributed by atoms with Crippen LogP contribution in [0.25, 0.3) is 0 Å². The second-order valence-corrected chi connectivity index (χ2v) is 11.5. The molecule has 0 heterocycles. The normalized spacial score (nSPS) is 11.8. The van der Waals surface area contributed by atoms with Gasteiger partial charge < -0.3 is 4.90 Å². The van der Waals surface area contributed by atoms with Crippen LogP contribution < -0.4 is 0 Å². The highest BCUT2D eigenvalue weighted by molar-refractivity contribution is 4.62. The van der Waals surface area contributed by atoms with Gasteiger partial charge in [-0.3, -0.25) is 0 Å². The Balaban J connectivity index is 3.51. The Bertz CT molecular complexity index is 309. The van der Waals surface area contributed by atoms with Crippen molar-refractivity contribution in [3.63, 3.8) is 0 Å². The van der Waals surface area contributed by atoms with Crippen molar-refractivity contribution >= 4 is 0 Å². The number of hydrogen-bond acceptors (Lipinski definition) is 1. The van der Waals surface area contributed by atoms with E-state index in [1.807, 2.05) is 0 Å². The quantitative estimate of drug-likeness (QED) is 0.104. The van der Waals surface area contributed by atoms with Gasteiger partial charge in [0.25, 0.3) is 0 Å². The minimum absolute atomic E-state index is 0.805. The number of unbranched alkanes of at least 4 members (excludes halogenated alkanes) is 22. The third-order valence-electron chi connectivity index (χ3n) is 7.28. The Labute approximate surface area is 212 Å². The molecule has 0 aliphatic rings. The highest BCUT2D eigenvalue weighted by atomic mass is 15.1. The molecule has 0 unspecified atom stereocenters. The molecule has 0 saturated carbocycles. The van der Waals surface area contributed by atoms with Crippen molar-refractivity contribution in [1.82, 2.24) is 4.90 Å². The van der Waals surface area contributed by atoms with Gasteiger partial charge in [0, 0.05) is 6.54 Å². The summed E-state index contributed by atoms with van der Waals surface area (Å²) in [7, 11) is 0. The van der Waals surface area contributed by atoms with Crippen molar-refractivity contribution in [1.29, 1.82) is 0 Å². The molecule has 0 aliphatic carbocycles. The van der Waals surface area contributed by atoms with Crippen LogP contribution in [0, 0.1) is 5.92 Å². The topological polar surface area (TPSA) is 3.24 Å². The van der Waals surface area contributed by atoms with Crippen LogP contribution in [0.5, 0.6) is 0 Å². The second-order valence-electron chi connectivity index (χ2n) is 11.5. The summed E-state index contributed by atoms with van der Waals surface area (Å²) in [4.78, 5) is 2.78. The molecule has 0 bridgehead atoms. The molecule has 1 nitrogen and oxygen atoms in total. The average molecular weight is 466 g/mol. The Morgan fingerprint density at radius 2 is 0.606 bits per heavy atom. The van der Waals surface area contributed by atoms with E-state index in [0.29, 0.717) is 0 Å². The van der Waals surface area contributed by atoms with E-state index in [2.05, 4.69) is 32.6 Å². The van der Waals surface area contributed by atoms with Gasteiger partial charge in [-0.1, -0.05) is 169 Å². The Morgan fingerprint density at radius 3 is 0.848 bits per heavy atom. The Morgan fingerprint density at radius 1 is 0.364 bits per heavy atom. The molecule has 0 radical (unpaired) electrons. The van der Waals surface area contributed by atoms with Gasteiger partial charge in [0.1, 0.15) is 0 Å². The lowest BCUT2D eigenvalue weighted by Crippen LogP contribution is -2.30. The zero-order valence-corrected chi connectivity index (χ0v) is 24.1. The van der Waals surface area contributed by atoms with E-state index in [-0.39, 0.29) is 0 Å². The molecule has 1 heteroatoms. The fourth-order valence-corrected chi connectivity index (χ4v) is 5.16. The van der Waals surface area contributed by atoms with E-state index in [4.69, 9.17) is 0 Å². The average Bonchev–Trinajstić information content (AvgIpc) is 2.80. The molecule has 200 valence electrons. The van der Waals surface area contributed by atoms with Gasteiger partial charge in [0.2, 0.25) is 0 Å². The maximum atomic E-state index is 2.78. The van der Waals surface area contributed by atoms with Crippen LogP contribution in [-0.4, -0.2) is 24.5 Å². The zero-order chi connectivity index (χ0) is 24.2. The van der Waals surface area contributed by atoms with E-state index >= 15 is 0 Å². The first-order chi connectivity index (χ1) is 16.2. The van der Waals surface area contributed by atoms with Gasteiger partial charge in [0.05, 0.1) is 0 Å². The summed E-state index contributed by atoms with van der Waals surface area (Å²) in [6.45, 7) is 13.4. The minimum Gasteiger partial charge on any atom is -0.303 e. The van der Waals surface area contributed by atoms with Crippen LogP contribution in [0.4, 0.5) is 0 Å². The van der Waals surface area contributed by atoms with Crippen LogP contribution in [0.3, 0.4) is 0 Å². The van der Waals surface area contributed by atoms with E-state index in [9.17, 15) is 0 Å². The third kappa shape index (κ3) is 28.1. The van der Waals surface area contributed by atoms with Crippen molar-refractivity contribution in [2.75, 3.05) is 19.6 Å². The van der Waals surface area contributed by atoms with Gasteiger partial charge >= 0.3 is 0 Å². The van der Waals surface area contributed by atoms with Crippen LogP contribution in [-0.2, 0) is 0 Å². The molecular formula is C32H67N. The zero-order valence-electron chi connectivity index (χ0n) is 24.1. The van der Waals surface area contributed by atoms with Crippen LogP contribution in [0.2, 0.25) is 0 Å². The molecule has 0 aromatic carbocycles. The fraction of sp³-hybridized carbons (Fsp3) is 1.00. The first-order valence-corrected chi connectivity index (χ1v) is 15.9. The van der Waals surface area contributed by atoms with Gasteiger partial charge in [-0.15, -0.1) is 0 Å². The predicted molar refractivity (Wildman–Crippen MR) is 153 cm³/mol.